The number of nitrogens with zero attached hydrogens (tertiary/aromatic N) is 1. The molecule has 142 valence electrons. The van der Waals surface area contributed by atoms with Gasteiger partial charge in [0.05, 0.1) is 15.5 Å². The molecule has 0 saturated heterocycles. The van der Waals surface area contributed by atoms with Crippen LogP contribution in [-0.4, -0.2) is 34.2 Å². The Morgan fingerprint density at radius 1 is 0.923 bits per heavy atom. The summed E-state index contributed by atoms with van der Waals surface area (Å²) in [5.41, 5.74) is 0.828. The third kappa shape index (κ3) is 4.37. The standard InChI is InChI=1S/C17H21ClN2O4S2/c1-4-20(5-2)26(23,24)16-9-6-13(3)17(12-16)19-25(21,22)15-10-7-14(18)8-11-15/h6-12,19H,4-5H2,1-3H3. The first-order valence-electron chi connectivity index (χ1n) is 8.01. The Kier molecular flexibility index (Phi) is 6.33. The first kappa shape index (κ1) is 20.7. The molecule has 9 heteroatoms. The van der Waals surface area contributed by atoms with Gasteiger partial charge in [0.2, 0.25) is 10.0 Å². The van der Waals surface area contributed by atoms with Crippen molar-refractivity contribution in [2.45, 2.75) is 30.6 Å². The van der Waals surface area contributed by atoms with Crippen LogP contribution < -0.4 is 4.72 Å². The molecular weight excluding hydrogens is 396 g/mol. The van der Waals surface area contributed by atoms with E-state index in [-0.39, 0.29) is 15.5 Å². The van der Waals surface area contributed by atoms with Gasteiger partial charge in [-0.25, -0.2) is 16.8 Å². The quantitative estimate of drug-likeness (QED) is 0.748. The Balaban J connectivity index is 2.43. The van der Waals surface area contributed by atoms with Crippen LogP contribution in [0.3, 0.4) is 0 Å². The van der Waals surface area contributed by atoms with E-state index >= 15 is 0 Å². The molecule has 0 bridgehead atoms. The molecule has 0 amide bonds. The fourth-order valence-electron chi connectivity index (χ4n) is 2.40. The Bertz CT molecular complexity index is 984. The van der Waals surface area contributed by atoms with Crippen molar-refractivity contribution in [1.82, 2.24) is 4.31 Å². The van der Waals surface area contributed by atoms with Gasteiger partial charge >= 0.3 is 0 Å². The van der Waals surface area contributed by atoms with Crippen molar-refractivity contribution in [2.75, 3.05) is 17.8 Å². The average molecular weight is 417 g/mol. The molecule has 2 aromatic carbocycles. The van der Waals surface area contributed by atoms with Gasteiger partial charge in [-0.15, -0.1) is 0 Å². The monoisotopic (exact) mass is 416 g/mol. The van der Waals surface area contributed by atoms with Gasteiger partial charge in [-0.2, -0.15) is 4.31 Å². The number of sulfonamides is 2. The first-order chi connectivity index (χ1) is 12.1. The third-order valence-corrected chi connectivity index (χ3v) is 7.60. The molecule has 2 rings (SSSR count). The predicted octanol–water partition coefficient (Wildman–Crippen LogP) is 3.48. The van der Waals surface area contributed by atoms with E-state index in [1.807, 2.05) is 0 Å². The van der Waals surface area contributed by atoms with Crippen LogP contribution in [-0.2, 0) is 20.0 Å². The largest absolute Gasteiger partial charge is 0.279 e. The van der Waals surface area contributed by atoms with Crippen molar-refractivity contribution >= 4 is 37.3 Å². The fraction of sp³-hybridized carbons (Fsp3) is 0.294. The van der Waals surface area contributed by atoms with Crippen molar-refractivity contribution in [3.05, 3.63) is 53.1 Å². The summed E-state index contributed by atoms with van der Waals surface area (Å²) in [4.78, 5) is 0.0823. The van der Waals surface area contributed by atoms with E-state index in [9.17, 15) is 16.8 Å². The summed E-state index contributed by atoms with van der Waals surface area (Å²) >= 11 is 5.79. The molecule has 0 radical (unpaired) electrons. The zero-order valence-electron chi connectivity index (χ0n) is 14.7. The molecule has 0 spiro atoms. The Morgan fingerprint density at radius 2 is 1.46 bits per heavy atom. The number of hydrogen-bond acceptors (Lipinski definition) is 4. The summed E-state index contributed by atoms with van der Waals surface area (Å²) in [6, 6.07) is 10.1. The van der Waals surface area contributed by atoms with E-state index < -0.39 is 20.0 Å². The zero-order chi connectivity index (χ0) is 19.5. The summed E-state index contributed by atoms with van der Waals surface area (Å²) in [6.45, 7) is 5.86. The van der Waals surface area contributed by atoms with Crippen molar-refractivity contribution in [3.8, 4) is 0 Å². The minimum absolute atomic E-state index is 0.0401. The van der Waals surface area contributed by atoms with E-state index in [4.69, 9.17) is 11.6 Å². The summed E-state index contributed by atoms with van der Waals surface area (Å²) in [7, 11) is -7.55. The van der Waals surface area contributed by atoms with Gasteiger partial charge in [0.25, 0.3) is 10.0 Å². The van der Waals surface area contributed by atoms with Gasteiger partial charge in [0.15, 0.2) is 0 Å². The zero-order valence-corrected chi connectivity index (χ0v) is 17.1. The van der Waals surface area contributed by atoms with E-state index in [0.717, 1.165) is 0 Å². The van der Waals surface area contributed by atoms with Crippen LogP contribution in [0, 0.1) is 6.92 Å². The number of nitrogens with one attached hydrogen (secondary N) is 1. The summed E-state index contributed by atoms with van der Waals surface area (Å²) in [5, 5.41) is 0.424. The van der Waals surface area contributed by atoms with Gasteiger partial charge in [-0.1, -0.05) is 31.5 Å². The molecule has 1 N–H and O–H groups in total. The highest BCUT2D eigenvalue weighted by Crippen LogP contribution is 2.25. The second-order valence-corrected chi connectivity index (χ2v) is 9.68. The molecule has 0 aliphatic heterocycles. The van der Waals surface area contributed by atoms with Gasteiger partial charge in [-0.3, -0.25) is 4.72 Å². The van der Waals surface area contributed by atoms with Gasteiger partial charge in [0, 0.05) is 18.1 Å². The smallest absolute Gasteiger partial charge is 0.261 e. The molecule has 0 aliphatic carbocycles. The molecule has 2 aromatic rings. The van der Waals surface area contributed by atoms with Crippen LogP contribution >= 0.6 is 11.6 Å². The molecule has 0 heterocycles. The van der Waals surface area contributed by atoms with E-state index in [1.165, 1.54) is 40.7 Å². The molecular formula is C17H21ClN2O4S2. The number of aryl methyl sites for hydroxylation is 1. The predicted molar refractivity (Wildman–Crippen MR) is 104 cm³/mol. The van der Waals surface area contributed by atoms with Crippen LogP contribution in [0.25, 0.3) is 0 Å². The molecule has 0 aromatic heterocycles. The lowest BCUT2D eigenvalue weighted by Gasteiger charge is -2.19. The van der Waals surface area contributed by atoms with Crippen LogP contribution in [0.1, 0.15) is 19.4 Å². The SMILES string of the molecule is CCN(CC)S(=O)(=O)c1ccc(C)c(NS(=O)(=O)c2ccc(Cl)cc2)c1. The Morgan fingerprint density at radius 3 is 2.00 bits per heavy atom. The molecule has 0 fully saturated rings. The van der Waals surface area contributed by atoms with Crippen molar-refractivity contribution in [2.24, 2.45) is 0 Å². The van der Waals surface area contributed by atoms with Crippen LogP contribution in [0.2, 0.25) is 5.02 Å². The maximum Gasteiger partial charge on any atom is 0.261 e. The maximum absolute atomic E-state index is 12.7. The van der Waals surface area contributed by atoms with Crippen LogP contribution in [0.15, 0.2) is 52.3 Å². The Hall–Kier alpha value is -1.61. The van der Waals surface area contributed by atoms with Crippen molar-refractivity contribution in [1.29, 1.82) is 0 Å². The summed E-state index contributed by atoms with van der Waals surface area (Å²) < 4.78 is 54.2. The number of halogens is 1. The molecule has 0 atom stereocenters. The number of hydrogen-bond donors (Lipinski definition) is 1. The molecule has 0 unspecified atom stereocenters. The summed E-state index contributed by atoms with van der Waals surface area (Å²) in [6.07, 6.45) is 0. The second kappa shape index (κ2) is 7.96. The highest BCUT2D eigenvalue weighted by molar-refractivity contribution is 7.92. The average Bonchev–Trinajstić information content (AvgIpc) is 2.57. The number of anilines is 1. The van der Waals surface area contributed by atoms with Crippen molar-refractivity contribution in [3.63, 3.8) is 0 Å². The van der Waals surface area contributed by atoms with Crippen molar-refractivity contribution < 1.29 is 16.8 Å². The lowest BCUT2D eigenvalue weighted by atomic mass is 10.2. The lowest BCUT2D eigenvalue weighted by Crippen LogP contribution is -2.30. The van der Waals surface area contributed by atoms with E-state index in [0.29, 0.717) is 23.7 Å². The maximum atomic E-state index is 12.7. The van der Waals surface area contributed by atoms with E-state index in [1.54, 1.807) is 26.8 Å². The van der Waals surface area contributed by atoms with Gasteiger partial charge < -0.3 is 0 Å². The minimum Gasteiger partial charge on any atom is -0.279 e. The second-order valence-electron chi connectivity index (χ2n) is 5.63. The lowest BCUT2D eigenvalue weighted by molar-refractivity contribution is 0.445. The molecule has 0 aliphatic rings. The summed E-state index contributed by atoms with van der Waals surface area (Å²) in [5.74, 6) is 0. The highest BCUT2D eigenvalue weighted by Gasteiger charge is 2.23. The highest BCUT2D eigenvalue weighted by atomic mass is 35.5. The number of rotatable bonds is 7. The minimum atomic E-state index is -3.86. The normalized spacial score (nSPS) is 12.3. The molecule has 26 heavy (non-hydrogen) atoms. The first-order valence-corrected chi connectivity index (χ1v) is 11.3. The van der Waals surface area contributed by atoms with Gasteiger partial charge in [-0.05, 0) is 48.9 Å². The molecule has 6 nitrogen and oxygen atoms in total. The van der Waals surface area contributed by atoms with Gasteiger partial charge in [0.1, 0.15) is 0 Å². The van der Waals surface area contributed by atoms with Crippen LogP contribution in [0.4, 0.5) is 5.69 Å². The Labute approximate surface area is 159 Å². The number of benzene rings is 2. The molecule has 0 saturated carbocycles. The third-order valence-electron chi connectivity index (χ3n) is 3.92. The van der Waals surface area contributed by atoms with Crippen LogP contribution in [0.5, 0.6) is 0 Å². The topological polar surface area (TPSA) is 83.6 Å². The van der Waals surface area contributed by atoms with E-state index in [2.05, 4.69) is 4.72 Å². The fourth-order valence-corrected chi connectivity index (χ4v) is 5.13.